The van der Waals surface area contributed by atoms with Gasteiger partial charge >= 0.3 is 24.7 Å². The van der Waals surface area contributed by atoms with Gasteiger partial charge in [-0.05, 0) is 35.4 Å². The summed E-state index contributed by atoms with van der Waals surface area (Å²) in [7, 11) is 0. The van der Waals surface area contributed by atoms with Crippen LogP contribution in [0.1, 0.15) is 55.6 Å². The summed E-state index contributed by atoms with van der Waals surface area (Å²) >= 11 is 0. The Hall–Kier alpha value is -6.64. The average Bonchev–Trinajstić information content (AvgIpc) is 3.01. The maximum Gasteiger partial charge on any atom is 0.417 e. The van der Waals surface area contributed by atoms with Gasteiger partial charge in [-0.2, -0.15) is 84.3 Å². The minimum absolute atomic E-state index is 0.272. The third kappa shape index (κ3) is 6.56. The molecule has 3 aromatic carbocycles. The molecule has 0 atom stereocenters. The van der Waals surface area contributed by atoms with Crippen molar-refractivity contribution in [2.45, 2.75) is 24.7 Å². The molecule has 0 bridgehead atoms. The zero-order valence-electron chi connectivity index (χ0n) is 23.3. The quantitative estimate of drug-likeness (QED) is 0.263. The maximum absolute atomic E-state index is 16.0. The lowest BCUT2D eigenvalue weighted by Gasteiger charge is -2.17. The molecule has 0 aliphatic heterocycles. The monoisotopic (exact) mass is 714 g/mol. The summed E-state index contributed by atoms with van der Waals surface area (Å²) in [6, 6.07) is 3.99. The van der Waals surface area contributed by atoms with Crippen molar-refractivity contribution in [3.63, 3.8) is 0 Å². The molecule has 3 rings (SSSR count). The van der Waals surface area contributed by atoms with Gasteiger partial charge in [-0.25, -0.2) is 8.78 Å². The molecule has 0 aliphatic carbocycles. The summed E-state index contributed by atoms with van der Waals surface area (Å²) in [5.74, 6) is -4.67. The van der Waals surface area contributed by atoms with E-state index in [-0.39, 0.29) is 24.3 Å². The van der Waals surface area contributed by atoms with E-state index in [1.54, 1.807) is 0 Å². The van der Waals surface area contributed by atoms with Crippen molar-refractivity contribution in [1.29, 1.82) is 31.6 Å². The molecular formula is C30H4F14N6. The van der Waals surface area contributed by atoms with Crippen molar-refractivity contribution in [1.82, 2.24) is 0 Å². The first-order valence-electron chi connectivity index (χ1n) is 12.3. The minimum Gasteiger partial charge on any atom is -0.205 e. The number of hydrogen-bond acceptors (Lipinski definition) is 6. The lowest BCUT2D eigenvalue weighted by Crippen LogP contribution is -2.31. The van der Waals surface area contributed by atoms with Crippen molar-refractivity contribution >= 4 is 11.1 Å². The van der Waals surface area contributed by atoms with Crippen LogP contribution >= 0.6 is 0 Å². The zero-order valence-corrected chi connectivity index (χ0v) is 23.3. The number of hydrogen-bond donors (Lipinski definition) is 0. The van der Waals surface area contributed by atoms with E-state index in [1.165, 1.54) is 0 Å². The standard InChI is InChI=1S/C30H4F14N6/c31-25-18(10-50)24(14(6-46)12-3-21(29(39,40)41)16(8-48)22(4-12)30(42,43)44)26(32)17(9-49)23(25)13(5-45)11-1-19(27(33,34)35)15(7-47)20(2-11)28(36,37)38/h1-4H/b23-13+,24-14+. The first-order chi connectivity index (χ1) is 22.9. The lowest BCUT2D eigenvalue weighted by atomic mass is 9.89. The van der Waals surface area contributed by atoms with Crippen molar-refractivity contribution in [2.24, 2.45) is 0 Å². The maximum atomic E-state index is 16.0. The first kappa shape index (κ1) is 37.8. The molecule has 0 saturated carbocycles. The SMILES string of the molecule is N#C/C(c1cc(C(F)(F)F)c(C#N)c(C(F)(F)F)c1)=c1\c(F)c(C#N)/c(=C(/C#N)c2cc(C(F)(F)F)c(C#N)c(C(F)(F)F)c2)c(F)c1C#N. The molecule has 0 saturated heterocycles. The fourth-order valence-corrected chi connectivity index (χ4v) is 4.61. The number of benzene rings is 3. The molecule has 252 valence electrons. The molecule has 3 aromatic rings. The summed E-state index contributed by atoms with van der Waals surface area (Å²) in [6.45, 7) is 0. The van der Waals surface area contributed by atoms with Crippen LogP contribution in [0.15, 0.2) is 24.3 Å². The Kier molecular flexibility index (Phi) is 9.65. The molecule has 0 radical (unpaired) electrons. The Balaban J connectivity index is 2.79. The molecule has 0 fully saturated rings. The van der Waals surface area contributed by atoms with Gasteiger partial charge in [0.2, 0.25) is 0 Å². The van der Waals surface area contributed by atoms with Gasteiger partial charge in [0, 0.05) is 0 Å². The van der Waals surface area contributed by atoms with Crippen LogP contribution in [-0.2, 0) is 24.7 Å². The average molecular weight is 714 g/mol. The molecule has 6 nitrogen and oxygen atoms in total. The molecule has 0 unspecified atom stereocenters. The number of halogens is 14. The van der Waals surface area contributed by atoms with Crippen LogP contribution in [0.25, 0.3) is 11.1 Å². The van der Waals surface area contributed by atoms with E-state index in [1.807, 2.05) is 0 Å². The van der Waals surface area contributed by atoms with Crippen LogP contribution in [0.2, 0.25) is 0 Å². The van der Waals surface area contributed by atoms with Crippen LogP contribution in [0.5, 0.6) is 0 Å². The smallest absolute Gasteiger partial charge is 0.205 e. The summed E-state index contributed by atoms with van der Waals surface area (Å²) in [6.07, 6.45) is -23.0. The van der Waals surface area contributed by atoms with E-state index >= 15 is 8.78 Å². The molecule has 50 heavy (non-hydrogen) atoms. The second kappa shape index (κ2) is 12.8. The van der Waals surface area contributed by atoms with Crippen LogP contribution in [0.4, 0.5) is 61.5 Å². The Morgan fingerprint density at radius 1 is 0.400 bits per heavy atom. The molecule has 0 aliphatic rings. The molecule has 0 heterocycles. The Morgan fingerprint density at radius 3 is 0.780 bits per heavy atom. The van der Waals surface area contributed by atoms with Crippen molar-refractivity contribution in [3.8, 4) is 36.4 Å². The van der Waals surface area contributed by atoms with Gasteiger partial charge < -0.3 is 0 Å². The van der Waals surface area contributed by atoms with E-state index in [4.69, 9.17) is 10.5 Å². The van der Waals surface area contributed by atoms with E-state index < -0.39 is 114 Å². The Labute approximate surface area is 267 Å². The van der Waals surface area contributed by atoms with Gasteiger partial charge in [-0.1, -0.05) is 0 Å². The van der Waals surface area contributed by atoms with Crippen LogP contribution in [0.3, 0.4) is 0 Å². The van der Waals surface area contributed by atoms with Gasteiger partial charge in [-0.15, -0.1) is 0 Å². The number of alkyl halides is 12. The molecule has 0 spiro atoms. The van der Waals surface area contributed by atoms with E-state index in [9.17, 15) is 73.7 Å². The second-order valence-corrected chi connectivity index (χ2v) is 9.43. The topological polar surface area (TPSA) is 143 Å². The van der Waals surface area contributed by atoms with Gasteiger partial charge in [0.1, 0.15) is 36.4 Å². The summed E-state index contributed by atoms with van der Waals surface area (Å²) in [5, 5.41) is 53.2. The van der Waals surface area contributed by atoms with Gasteiger partial charge in [-0.3, -0.25) is 0 Å². The number of nitrogens with zero attached hydrogens (tertiary/aromatic N) is 6. The fraction of sp³-hybridized carbons (Fsp3) is 0.133. The fourth-order valence-electron chi connectivity index (χ4n) is 4.61. The predicted molar refractivity (Wildman–Crippen MR) is 134 cm³/mol. The molecule has 0 N–H and O–H groups in total. The van der Waals surface area contributed by atoms with Crippen molar-refractivity contribution in [2.75, 3.05) is 0 Å². The Bertz CT molecular complexity index is 2120. The predicted octanol–water partition coefficient (Wildman–Crippen LogP) is 6.97. The normalized spacial score (nSPS) is 13.1. The highest BCUT2D eigenvalue weighted by Gasteiger charge is 2.43. The lowest BCUT2D eigenvalue weighted by molar-refractivity contribution is -0.145. The van der Waals surface area contributed by atoms with Crippen LogP contribution in [0, 0.1) is 79.6 Å². The minimum atomic E-state index is -5.76. The second-order valence-electron chi connectivity index (χ2n) is 9.43. The van der Waals surface area contributed by atoms with E-state index in [0.29, 0.717) is 12.1 Å². The highest BCUT2D eigenvalue weighted by Crippen LogP contribution is 2.42. The van der Waals surface area contributed by atoms with Gasteiger partial charge in [0.15, 0.2) is 11.6 Å². The van der Waals surface area contributed by atoms with Crippen molar-refractivity contribution < 1.29 is 61.5 Å². The zero-order chi connectivity index (χ0) is 38.3. The van der Waals surface area contributed by atoms with E-state index in [0.717, 1.165) is 24.3 Å². The van der Waals surface area contributed by atoms with Gasteiger partial charge in [0.05, 0.1) is 66.1 Å². The summed E-state index contributed by atoms with van der Waals surface area (Å²) in [5.41, 5.74) is -23.6. The third-order valence-corrected chi connectivity index (χ3v) is 6.62. The summed E-state index contributed by atoms with van der Waals surface area (Å²) in [4.78, 5) is 0. The highest BCUT2D eigenvalue weighted by atomic mass is 19.4. The highest BCUT2D eigenvalue weighted by molar-refractivity contribution is 5.82. The molecule has 0 aromatic heterocycles. The Morgan fingerprint density at radius 2 is 0.620 bits per heavy atom. The van der Waals surface area contributed by atoms with Crippen LogP contribution in [-0.4, -0.2) is 0 Å². The molecular weight excluding hydrogens is 710 g/mol. The first-order valence-corrected chi connectivity index (χ1v) is 12.3. The number of rotatable bonds is 2. The number of nitriles is 6. The van der Waals surface area contributed by atoms with Crippen molar-refractivity contribution in [3.05, 3.63) is 102 Å². The largest absolute Gasteiger partial charge is 0.417 e. The third-order valence-electron chi connectivity index (χ3n) is 6.62. The summed E-state index contributed by atoms with van der Waals surface area (Å²) < 4.78 is 197. The van der Waals surface area contributed by atoms with Crippen LogP contribution < -0.4 is 10.4 Å². The molecule has 20 heteroatoms. The van der Waals surface area contributed by atoms with E-state index in [2.05, 4.69) is 0 Å². The van der Waals surface area contributed by atoms with Gasteiger partial charge in [0.25, 0.3) is 0 Å². The molecule has 0 amide bonds.